The molecule has 30 heavy (non-hydrogen) atoms. The minimum Gasteiger partial charge on any atom is -0.493 e. The van der Waals surface area contributed by atoms with E-state index >= 15 is 0 Å². The van der Waals surface area contributed by atoms with Gasteiger partial charge in [0.2, 0.25) is 0 Å². The maximum absolute atomic E-state index is 13.5. The second-order valence-electron chi connectivity index (χ2n) is 8.24. The van der Waals surface area contributed by atoms with Crippen molar-refractivity contribution in [1.29, 1.82) is 0 Å². The van der Waals surface area contributed by atoms with Crippen molar-refractivity contribution >= 4 is 11.6 Å². The number of rotatable bonds is 6. The number of carbonyl (C=O) groups is 1. The first-order chi connectivity index (χ1) is 14.3. The van der Waals surface area contributed by atoms with Crippen LogP contribution in [0, 0.1) is 0 Å². The molecule has 0 unspecified atom stereocenters. The Labute approximate surface area is 179 Å². The van der Waals surface area contributed by atoms with E-state index in [-0.39, 0.29) is 11.3 Å². The number of ether oxygens (including phenoxy) is 2. The summed E-state index contributed by atoms with van der Waals surface area (Å²) in [7, 11) is 3.15. The molecule has 3 aromatic rings. The van der Waals surface area contributed by atoms with E-state index in [1.165, 1.54) is 5.56 Å². The normalized spacial score (nSPS) is 11.1. The van der Waals surface area contributed by atoms with Crippen LogP contribution in [0.3, 0.4) is 0 Å². The van der Waals surface area contributed by atoms with Crippen molar-refractivity contribution < 1.29 is 14.3 Å². The van der Waals surface area contributed by atoms with Gasteiger partial charge >= 0.3 is 0 Å². The van der Waals surface area contributed by atoms with Crippen LogP contribution in [0.5, 0.6) is 11.5 Å². The van der Waals surface area contributed by atoms with Gasteiger partial charge in [0.15, 0.2) is 11.5 Å². The highest BCUT2D eigenvalue weighted by Crippen LogP contribution is 2.30. The zero-order valence-corrected chi connectivity index (χ0v) is 18.3. The highest BCUT2D eigenvalue weighted by Gasteiger charge is 2.20. The standard InChI is InChI=1S/C26H29NO3/c1-26(2,3)21-14-11-19(12-15-21)18-27(22-9-7-6-8-10-22)25(28)20-13-16-23(29-4)24(17-20)30-5/h6-17H,18H2,1-5H3. The molecule has 0 saturated carbocycles. The van der Waals surface area contributed by atoms with Crippen molar-refractivity contribution in [3.63, 3.8) is 0 Å². The van der Waals surface area contributed by atoms with E-state index in [4.69, 9.17) is 9.47 Å². The Morgan fingerprint density at radius 1 is 0.833 bits per heavy atom. The smallest absolute Gasteiger partial charge is 0.258 e. The number of methoxy groups -OCH3 is 2. The summed E-state index contributed by atoms with van der Waals surface area (Å²) in [6, 6.07) is 23.4. The van der Waals surface area contributed by atoms with Crippen LogP contribution in [0.25, 0.3) is 0 Å². The minimum atomic E-state index is -0.0953. The Morgan fingerprint density at radius 3 is 2.03 bits per heavy atom. The Bertz CT molecular complexity index is 989. The van der Waals surface area contributed by atoms with E-state index in [0.717, 1.165) is 11.3 Å². The van der Waals surface area contributed by atoms with Crippen LogP contribution in [-0.2, 0) is 12.0 Å². The predicted molar refractivity (Wildman–Crippen MR) is 122 cm³/mol. The molecule has 3 aromatic carbocycles. The Hall–Kier alpha value is -3.27. The largest absolute Gasteiger partial charge is 0.493 e. The van der Waals surface area contributed by atoms with Gasteiger partial charge in [-0.1, -0.05) is 63.2 Å². The molecule has 4 heteroatoms. The van der Waals surface area contributed by atoms with E-state index in [9.17, 15) is 4.79 Å². The summed E-state index contributed by atoms with van der Waals surface area (Å²) < 4.78 is 10.7. The fraction of sp³-hybridized carbons (Fsp3) is 0.269. The molecule has 0 radical (unpaired) electrons. The lowest BCUT2D eigenvalue weighted by atomic mass is 9.87. The van der Waals surface area contributed by atoms with Gasteiger partial charge < -0.3 is 14.4 Å². The van der Waals surface area contributed by atoms with Gasteiger partial charge in [0.1, 0.15) is 0 Å². The highest BCUT2D eigenvalue weighted by atomic mass is 16.5. The van der Waals surface area contributed by atoms with Gasteiger partial charge in [-0.15, -0.1) is 0 Å². The first-order valence-electron chi connectivity index (χ1n) is 10.0. The molecule has 0 aromatic heterocycles. The van der Waals surface area contributed by atoms with Crippen LogP contribution in [0.2, 0.25) is 0 Å². The topological polar surface area (TPSA) is 38.8 Å². The summed E-state index contributed by atoms with van der Waals surface area (Å²) in [5, 5.41) is 0. The summed E-state index contributed by atoms with van der Waals surface area (Å²) in [6.07, 6.45) is 0. The summed E-state index contributed by atoms with van der Waals surface area (Å²) in [5.74, 6) is 1.03. The number of carbonyl (C=O) groups excluding carboxylic acids is 1. The van der Waals surface area contributed by atoms with Crippen LogP contribution in [-0.4, -0.2) is 20.1 Å². The fourth-order valence-corrected chi connectivity index (χ4v) is 3.31. The Kier molecular flexibility index (Phi) is 6.46. The van der Waals surface area contributed by atoms with Crippen molar-refractivity contribution in [2.45, 2.75) is 32.7 Å². The molecule has 3 rings (SSSR count). The molecule has 0 bridgehead atoms. The van der Waals surface area contributed by atoms with Crippen molar-refractivity contribution in [3.8, 4) is 11.5 Å². The minimum absolute atomic E-state index is 0.0904. The number of hydrogen-bond donors (Lipinski definition) is 0. The third kappa shape index (κ3) is 4.82. The molecule has 0 N–H and O–H groups in total. The van der Waals surface area contributed by atoms with Crippen molar-refractivity contribution in [1.82, 2.24) is 0 Å². The van der Waals surface area contributed by atoms with E-state index in [0.29, 0.717) is 23.6 Å². The van der Waals surface area contributed by atoms with Crippen LogP contribution < -0.4 is 14.4 Å². The summed E-state index contributed by atoms with van der Waals surface area (Å²) in [4.78, 5) is 15.3. The molecule has 0 fully saturated rings. The summed E-state index contributed by atoms with van der Waals surface area (Å²) in [6.45, 7) is 7.05. The molecular formula is C26H29NO3. The third-order valence-electron chi connectivity index (χ3n) is 5.10. The molecule has 0 atom stereocenters. The number of benzene rings is 3. The van der Waals surface area contributed by atoms with Crippen LogP contribution >= 0.6 is 0 Å². The van der Waals surface area contributed by atoms with Crippen LogP contribution in [0.4, 0.5) is 5.69 Å². The molecule has 1 amide bonds. The van der Waals surface area contributed by atoms with Gasteiger partial charge in [0.05, 0.1) is 20.8 Å². The summed E-state index contributed by atoms with van der Waals surface area (Å²) in [5.41, 5.74) is 3.82. The SMILES string of the molecule is COc1ccc(C(=O)N(Cc2ccc(C(C)(C)C)cc2)c2ccccc2)cc1OC. The second kappa shape index (κ2) is 9.04. The lowest BCUT2D eigenvalue weighted by Crippen LogP contribution is -2.30. The van der Waals surface area contributed by atoms with Gasteiger partial charge in [-0.3, -0.25) is 4.79 Å². The zero-order valence-electron chi connectivity index (χ0n) is 18.3. The van der Waals surface area contributed by atoms with Crippen molar-refractivity contribution in [2.24, 2.45) is 0 Å². The van der Waals surface area contributed by atoms with Crippen LogP contribution in [0.15, 0.2) is 72.8 Å². The molecule has 0 saturated heterocycles. The van der Waals surface area contributed by atoms with E-state index in [2.05, 4.69) is 45.0 Å². The summed E-state index contributed by atoms with van der Waals surface area (Å²) >= 11 is 0. The molecule has 0 heterocycles. The maximum atomic E-state index is 13.5. The molecule has 0 aliphatic heterocycles. The number of nitrogens with zero attached hydrogens (tertiary/aromatic N) is 1. The lowest BCUT2D eigenvalue weighted by molar-refractivity contribution is 0.0984. The van der Waals surface area contributed by atoms with E-state index < -0.39 is 0 Å². The number of anilines is 1. The molecule has 0 aliphatic rings. The fourth-order valence-electron chi connectivity index (χ4n) is 3.31. The number of hydrogen-bond acceptors (Lipinski definition) is 3. The quantitative estimate of drug-likeness (QED) is 0.518. The van der Waals surface area contributed by atoms with Gasteiger partial charge in [-0.05, 0) is 46.9 Å². The van der Waals surface area contributed by atoms with Gasteiger partial charge in [-0.25, -0.2) is 0 Å². The van der Waals surface area contributed by atoms with E-state index in [1.54, 1.807) is 37.3 Å². The first-order valence-corrected chi connectivity index (χ1v) is 10.0. The lowest BCUT2D eigenvalue weighted by Gasteiger charge is -2.24. The monoisotopic (exact) mass is 403 g/mol. The van der Waals surface area contributed by atoms with Gasteiger partial charge in [-0.2, -0.15) is 0 Å². The molecule has 156 valence electrons. The molecule has 4 nitrogen and oxygen atoms in total. The van der Waals surface area contributed by atoms with Crippen LogP contribution in [0.1, 0.15) is 42.3 Å². The average Bonchev–Trinajstić information content (AvgIpc) is 2.76. The molecule has 0 spiro atoms. The zero-order chi connectivity index (χ0) is 21.7. The third-order valence-corrected chi connectivity index (χ3v) is 5.10. The van der Waals surface area contributed by atoms with Crippen molar-refractivity contribution in [2.75, 3.05) is 19.1 Å². The number of amides is 1. The van der Waals surface area contributed by atoms with Gasteiger partial charge in [0, 0.05) is 11.3 Å². The van der Waals surface area contributed by atoms with Gasteiger partial charge in [0.25, 0.3) is 5.91 Å². The predicted octanol–water partition coefficient (Wildman–Crippen LogP) is 5.85. The Morgan fingerprint density at radius 2 is 1.47 bits per heavy atom. The number of para-hydroxylation sites is 1. The highest BCUT2D eigenvalue weighted by molar-refractivity contribution is 6.06. The maximum Gasteiger partial charge on any atom is 0.258 e. The second-order valence-corrected chi connectivity index (χ2v) is 8.24. The molecule has 0 aliphatic carbocycles. The average molecular weight is 404 g/mol. The Balaban J connectivity index is 1.95. The van der Waals surface area contributed by atoms with E-state index in [1.807, 2.05) is 30.3 Å². The first kappa shape index (κ1) is 21.4. The molecular weight excluding hydrogens is 374 g/mol. The van der Waals surface area contributed by atoms with Crippen molar-refractivity contribution in [3.05, 3.63) is 89.5 Å².